The van der Waals surface area contributed by atoms with E-state index in [1.54, 1.807) is 5.56 Å². The van der Waals surface area contributed by atoms with Crippen molar-refractivity contribution in [2.24, 2.45) is 17.8 Å². The van der Waals surface area contributed by atoms with Gasteiger partial charge in [-0.15, -0.1) is 0 Å². The van der Waals surface area contributed by atoms with E-state index in [0.29, 0.717) is 5.41 Å². The number of hydrogen-bond acceptors (Lipinski definition) is 1. The van der Waals surface area contributed by atoms with E-state index in [4.69, 9.17) is 4.42 Å². The molecule has 2 atom stereocenters. The molecule has 1 aromatic heterocycles. The second kappa shape index (κ2) is 5.86. The minimum atomic E-state index is 0.321. The van der Waals surface area contributed by atoms with Crippen LogP contribution in [0.3, 0.4) is 0 Å². The highest BCUT2D eigenvalue weighted by molar-refractivity contribution is 6.16. The Bertz CT molecular complexity index is 1180. The Hall–Kier alpha value is -2.28. The molecule has 2 bridgehead atoms. The molecule has 0 radical (unpaired) electrons. The predicted octanol–water partition coefficient (Wildman–Crippen LogP) is 7.84. The van der Waals surface area contributed by atoms with Crippen molar-refractivity contribution >= 4 is 32.7 Å². The first-order chi connectivity index (χ1) is 13.6. The topological polar surface area (TPSA) is 13.1 Å². The molecule has 2 fully saturated rings. The third kappa shape index (κ3) is 2.32. The fourth-order valence-corrected chi connectivity index (χ4v) is 7.03. The largest absolute Gasteiger partial charge is 0.455 e. The molecule has 142 valence electrons. The first-order valence-corrected chi connectivity index (χ1v) is 11.0. The van der Waals surface area contributed by atoms with Crippen LogP contribution in [0.4, 0.5) is 0 Å². The van der Waals surface area contributed by atoms with Gasteiger partial charge in [0.15, 0.2) is 0 Å². The molecule has 0 N–H and O–H groups in total. The summed E-state index contributed by atoms with van der Waals surface area (Å²) in [5.41, 5.74) is 4.00. The highest BCUT2D eigenvalue weighted by atomic mass is 16.3. The summed E-state index contributed by atoms with van der Waals surface area (Å²) < 4.78 is 6.49. The van der Waals surface area contributed by atoms with Gasteiger partial charge in [0.05, 0.1) is 0 Å². The maximum atomic E-state index is 6.49. The maximum absolute atomic E-state index is 6.49. The van der Waals surface area contributed by atoms with Crippen LogP contribution in [0.25, 0.3) is 32.7 Å². The first-order valence-electron chi connectivity index (χ1n) is 11.0. The number of furan rings is 1. The summed E-state index contributed by atoms with van der Waals surface area (Å²) in [6.45, 7) is 4.94. The lowest BCUT2D eigenvalue weighted by Crippen LogP contribution is -2.42. The zero-order chi connectivity index (χ0) is 18.9. The number of hydrogen-bond donors (Lipinski definition) is 0. The summed E-state index contributed by atoms with van der Waals surface area (Å²) in [4.78, 5) is 0. The van der Waals surface area contributed by atoms with Crippen molar-refractivity contribution in [3.05, 3.63) is 60.2 Å². The lowest BCUT2D eigenvalue weighted by atomic mass is 9.54. The lowest BCUT2D eigenvalue weighted by Gasteiger charge is -2.50. The fourth-order valence-electron chi connectivity index (χ4n) is 7.03. The Morgan fingerprint density at radius 2 is 1.57 bits per heavy atom. The molecule has 1 heterocycles. The van der Waals surface area contributed by atoms with Gasteiger partial charge >= 0.3 is 0 Å². The maximum Gasteiger partial charge on any atom is 0.143 e. The van der Waals surface area contributed by atoms with Gasteiger partial charge in [-0.1, -0.05) is 56.3 Å². The summed E-state index contributed by atoms with van der Waals surface area (Å²) in [5, 5.41) is 5.16. The monoisotopic (exact) mass is 368 g/mol. The van der Waals surface area contributed by atoms with Crippen LogP contribution >= 0.6 is 0 Å². The number of benzene rings is 3. The van der Waals surface area contributed by atoms with Crippen LogP contribution in [-0.2, 0) is 5.41 Å². The summed E-state index contributed by atoms with van der Waals surface area (Å²) in [5.74, 6) is 2.53. The smallest absolute Gasteiger partial charge is 0.143 e. The predicted molar refractivity (Wildman–Crippen MR) is 118 cm³/mol. The van der Waals surface area contributed by atoms with Gasteiger partial charge in [-0.3, -0.25) is 0 Å². The van der Waals surface area contributed by atoms with Gasteiger partial charge in [-0.2, -0.15) is 0 Å². The second-order valence-corrected chi connectivity index (χ2v) is 9.88. The lowest BCUT2D eigenvalue weighted by molar-refractivity contribution is 0.0790. The van der Waals surface area contributed by atoms with E-state index in [1.807, 2.05) is 0 Å². The van der Waals surface area contributed by atoms with E-state index in [-0.39, 0.29) is 0 Å². The molecule has 0 amide bonds. The number of fused-ring (bicyclic) bond motifs is 7. The summed E-state index contributed by atoms with van der Waals surface area (Å²) in [7, 11) is 0. The van der Waals surface area contributed by atoms with E-state index < -0.39 is 0 Å². The van der Waals surface area contributed by atoms with Gasteiger partial charge in [0.25, 0.3) is 0 Å². The van der Waals surface area contributed by atoms with Gasteiger partial charge in [-0.05, 0) is 78.4 Å². The molecule has 1 nitrogen and oxygen atoms in total. The molecule has 0 saturated heterocycles. The zero-order valence-electron chi connectivity index (χ0n) is 16.9. The van der Waals surface area contributed by atoms with Crippen LogP contribution in [0.15, 0.2) is 59.0 Å². The van der Waals surface area contributed by atoms with E-state index in [0.717, 1.165) is 28.9 Å². The van der Waals surface area contributed by atoms with Crippen molar-refractivity contribution in [3.63, 3.8) is 0 Å². The van der Waals surface area contributed by atoms with Crippen molar-refractivity contribution in [2.75, 3.05) is 0 Å². The summed E-state index contributed by atoms with van der Waals surface area (Å²) in [6, 6.07) is 20.0. The van der Waals surface area contributed by atoms with Gasteiger partial charge < -0.3 is 4.42 Å². The minimum Gasteiger partial charge on any atom is -0.455 e. The number of rotatable bonds is 1. The Morgan fingerprint density at radius 3 is 2.39 bits per heavy atom. The SMILES string of the molecule is CC1CC2CC(C)CC(c3cccc4oc5c6ccccc6ccc5c34)(C1)C2. The molecule has 2 saturated carbocycles. The van der Waals surface area contributed by atoms with Crippen LogP contribution in [0.5, 0.6) is 0 Å². The average molecular weight is 369 g/mol. The Kier molecular flexibility index (Phi) is 3.49. The molecule has 6 rings (SSSR count). The molecule has 2 aliphatic carbocycles. The molecular formula is C27H28O. The van der Waals surface area contributed by atoms with Crippen molar-refractivity contribution in [1.82, 2.24) is 0 Å². The molecule has 3 aromatic carbocycles. The van der Waals surface area contributed by atoms with Gasteiger partial charge in [0.1, 0.15) is 11.2 Å². The quantitative estimate of drug-likeness (QED) is 0.333. The van der Waals surface area contributed by atoms with Gasteiger partial charge in [0, 0.05) is 16.2 Å². The van der Waals surface area contributed by atoms with Crippen LogP contribution in [-0.4, -0.2) is 0 Å². The fraction of sp³-hybridized carbons (Fsp3) is 0.407. The normalized spacial score (nSPS) is 30.3. The highest BCUT2D eigenvalue weighted by Gasteiger charge is 2.46. The molecule has 28 heavy (non-hydrogen) atoms. The van der Waals surface area contributed by atoms with E-state index in [1.165, 1.54) is 53.6 Å². The Morgan fingerprint density at radius 1 is 0.786 bits per heavy atom. The molecule has 4 aromatic rings. The van der Waals surface area contributed by atoms with Crippen LogP contribution in [0.1, 0.15) is 51.5 Å². The molecular weight excluding hydrogens is 340 g/mol. The van der Waals surface area contributed by atoms with Crippen molar-refractivity contribution in [2.45, 2.75) is 51.4 Å². The van der Waals surface area contributed by atoms with Crippen LogP contribution in [0.2, 0.25) is 0 Å². The molecule has 2 aliphatic rings. The summed E-state index contributed by atoms with van der Waals surface area (Å²) in [6.07, 6.45) is 6.85. The standard InChI is InChI=1S/C27H28O/c1-17-12-19-13-18(2)15-27(14-17,16-19)23-8-5-9-24-25(23)22-11-10-20-6-3-4-7-21(20)26(22)28-24/h3-11,17-19H,12-16H2,1-2H3. The third-order valence-corrected chi connectivity index (χ3v) is 7.59. The molecule has 2 unspecified atom stereocenters. The van der Waals surface area contributed by atoms with Crippen LogP contribution in [0, 0.1) is 17.8 Å². The highest BCUT2D eigenvalue weighted by Crippen LogP contribution is 2.56. The zero-order valence-corrected chi connectivity index (χ0v) is 16.9. The minimum absolute atomic E-state index is 0.321. The van der Waals surface area contributed by atoms with E-state index >= 15 is 0 Å². The Balaban J connectivity index is 1.66. The molecule has 0 aliphatic heterocycles. The van der Waals surface area contributed by atoms with Gasteiger partial charge in [0.2, 0.25) is 0 Å². The van der Waals surface area contributed by atoms with E-state index in [9.17, 15) is 0 Å². The van der Waals surface area contributed by atoms with Gasteiger partial charge in [-0.25, -0.2) is 0 Å². The van der Waals surface area contributed by atoms with Crippen LogP contribution < -0.4 is 0 Å². The van der Waals surface area contributed by atoms with Crippen molar-refractivity contribution in [3.8, 4) is 0 Å². The summed E-state index contributed by atoms with van der Waals surface area (Å²) >= 11 is 0. The van der Waals surface area contributed by atoms with Crippen molar-refractivity contribution in [1.29, 1.82) is 0 Å². The molecule has 0 spiro atoms. The molecule has 1 heteroatoms. The van der Waals surface area contributed by atoms with E-state index in [2.05, 4.69) is 68.4 Å². The Labute approximate surface area is 166 Å². The average Bonchev–Trinajstić information content (AvgIpc) is 3.06. The van der Waals surface area contributed by atoms with Crippen molar-refractivity contribution < 1.29 is 4.42 Å². The second-order valence-electron chi connectivity index (χ2n) is 9.88. The first kappa shape index (κ1) is 16.7. The third-order valence-electron chi connectivity index (χ3n) is 7.59.